The van der Waals surface area contributed by atoms with Crippen molar-refractivity contribution < 1.29 is 9.59 Å². The number of urea groups is 1. The highest BCUT2D eigenvalue weighted by Gasteiger charge is 2.51. The van der Waals surface area contributed by atoms with Crippen LogP contribution in [0, 0.1) is 0 Å². The summed E-state index contributed by atoms with van der Waals surface area (Å²) in [7, 11) is 0. The average Bonchev–Trinajstić information content (AvgIpc) is 3.29. The number of rotatable bonds is 4. The molecule has 3 rings (SSSR count). The molecule has 0 heterocycles. The van der Waals surface area contributed by atoms with Crippen LogP contribution >= 0.6 is 0 Å². The fourth-order valence-corrected chi connectivity index (χ4v) is 2.60. The highest BCUT2D eigenvalue weighted by Crippen LogP contribution is 2.48. The van der Waals surface area contributed by atoms with Gasteiger partial charge in [-0.1, -0.05) is 36.4 Å². The van der Waals surface area contributed by atoms with Crippen LogP contribution in [0.2, 0.25) is 0 Å². The molecule has 4 N–H and O–H groups in total. The van der Waals surface area contributed by atoms with Gasteiger partial charge in [0.1, 0.15) is 0 Å². The van der Waals surface area contributed by atoms with Gasteiger partial charge in [-0.2, -0.15) is 0 Å². The maximum absolute atomic E-state index is 12.6. The van der Waals surface area contributed by atoms with Gasteiger partial charge in [-0.15, -0.1) is 0 Å². The average molecular weight is 295 g/mol. The molecule has 0 spiro atoms. The predicted octanol–water partition coefficient (Wildman–Crippen LogP) is 2.85. The van der Waals surface area contributed by atoms with Crippen molar-refractivity contribution in [2.75, 3.05) is 10.6 Å². The first kappa shape index (κ1) is 14.1. The molecule has 0 unspecified atom stereocenters. The number of hydrogen-bond donors (Lipinski definition) is 3. The lowest BCUT2D eigenvalue weighted by Crippen LogP contribution is -2.27. The number of hydrogen-bond acceptors (Lipinski definition) is 2. The van der Waals surface area contributed by atoms with Crippen molar-refractivity contribution >= 4 is 23.3 Å². The van der Waals surface area contributed by atoms with Crippen molar-refractivity contribution in [2.24, 2.45) is 5.73 Å². The van der Waals surface area contributed by atoms with E-state index < -0.39 is 11.4 Å². The molecule has 0 radical (unpaired) electrons. The largest absolute Gasteiger partial charge is 0.351 e. The molecule has 22 heavy (non-hydrogen) atoms. The van der Waals surface area contributed by atoms with Crippen molar-refractivity contribution in [2.45, 2.75) is 18.3 Å². The molecule has 112 valence electrons. The second kappa shape index (κ2) is 5.52. The topological polar surface area (TPSA) is 84.2 Å². The third-order valence-corrected chi connectivity index (χ3v) is 3.90. The molecule has 0 aliphatic heterocycles. The highest BCUT2D eigenvalue weighted by molar-refractivity contribution is 6.02. The minimum atomic E-state index is -0.633. The van der Waals surface area contributed by atoms with Gasteiger partial charge in [-0.05, 0) is 36.6 Å². The Labute approximate surface area is 128 Å². The second-order valence-corrected chi connectivity index (χ2v) is 5.47. The van der Waals surface area contributed by atoms with Crippen LogP contribution in [0.1, 0.15) is 18.4 Å². The van der Waals surface area contributed by atoms with E-state index >= 15 is 0 Å². The Morgan fingerprint density at radius 2 is 1.55 bits per heavy atom. The SMILES string of the molecule is NC(=O)Nc1cccc(NC(=O)C2(c3ccccc3)CC2)c1. The summed E-state index contributed by atoms with van der Waals surface area (Å²) in [6.07, 6.45) is 1.70. The van der Waals surface area contributed by atoms with E-state index in [1.807, 2.05) is 30.3 Å². The van der Waals surface area contributed by atoms with Gasteiger partial charge in [-0.25, -0.2) is 4.79 Å². The maximum atomic E-state index is 12.6. The fourth-order valence-electron chi connectivity index (χ4n) is 2.60. The molecule has 0 aromatic heterocycles. The fraction of sp³-hybridized carbons (Fsp3) is 0.176. The van der Waals surface area contributed by atoms with E-state index in [0.717, 1.165) is 18.4 Å². The summed E-state index contributed by atoms with van der Waals surface area (Å²) >= 11 is 0. The summed E-state index contributed by atoms with van der Waals surface area (Å²) in [6.45, 7) is 0. The molecule has 5 nitrogen and oxygen atoms in total. The van der Waals surface area contributed by atoms with Crippen LogP contribution in [0.3, 0.4) is 0 Å². The molecule has 3 amide bonds. The van der Waals surface area contributed by atoms with E-state index in [0.29, 0.717) is 11.4 Å². The first-order valence-electron chi connectivity index (χ1n) is 7.14. The van der Waals surface area contributed by atoms with Crippen LogP contribution < -0.4 is 16.4 Å². The maximum Gasteiger partial charge on any atom is 0.316 e. The number of primary amides is 1. The zero-order valence-corrected chi connectivity index (χ0v) is 12.0. The zero-order valence-electron chi connectivity index (χ0n) is 12.0. The standard InChI is InChI=1S/C17H17N3O2/c18-16(22)20-14-8-4-7-13(11-14)19-15(21)17(9-10-17)12-5-2-1-3-6-12/h1-8,11H,9-10H2,(H,19,21)(H3,18,20,22). The van der Waals surface area contributed by atoms with Crippen molar-refractivity contribution in [3.63, 3.8) is 0 Å². The molecule has 1 fully saturated rings. The van der Waals surface area contributed by atoms with Gasteiger partial charge in [-0.3, -0.25) is 4.79 Å². The molecule has 5 heteroatoms. The summed E-state index contributed by atoms with van der Waals surface area (Å²) in [5.74, 6) is -0.0186. The van der Waals surface area contributed by atoms with E-state index in [1.54, 1.807) is 24.3 Å². The van der Waals surface area contributed by atoms with Crippen molar-refractivity contribution in [1.29, 1.82) is 0 Å². The minimum Gasteiger partial charge on any atom is -0.351 e. The third-order valence-electron chi connectivity index (χ3n) is 3.90. The first-order valence-corrected chi connectivity index (χ1v) is 7.14. The number of nitrogens with two attached hydrogens (primary N) is 1. The Hall–Kier alpha value is -2.82. The molecule has 0 saturated heterocycles. The smallest absolute Gasteiger partial charge is 0.316 e. The zero-order chi connectivity index (χ0) is 15.6. The Bertz CT molecular complexity index is 709. The monoisotopic (exact) mass is 295 g/mol. The van der Waals surface area contributed by atoms with Gasteiger partial charge in [0.2, 0.25) is 5.91 Å². The van der Waals surface area contributed by atoms with Crippen LogP contribution in [-0.4, -0.2) is 11.9 Å². The van der Waals surface area contributed by atoms with Gasteiger partial charge >= 0.3 is 6.03 Å². The molecule has 1 saturated carbocycles. The van der Waals surface area contributed by atoms with Crippen molar-refractivity contribution in [3.8, 4) is 0 Å². The minimum absolute atomic E-state index is 0.0186. The van der Waals surface area contributed by atoms with Crippen molar-refractivity contribution in [1.82, 2.24) is 0 Å². The normalized spacial score (nSPS) is 14.9. The summed E-state index contributed by atoms with van der Waals surface area (Å²) < 4.78 is 0. The Morgan fingerprint density at radius 3 is 2.14 bits per heavy atom. The van der Waals surface area contributed by atoms with Crippen LogP contribution in [0.15, 0.2) is 54.6 Å². The lowest BCUT2D eigenvalue weighted by molar-refractivity contribution is -0.118. The number of carbonyl (C=O) groups is 2. The van der Waals surface area contributed by atoms with Crippen LogP contribution in [0.5, 0.6) is 0 Å². The molecule has 0 atom stereocenters. The molecule has 1 aliphatic rings. The Morgan fingerprint density at radius 1 is 0.909 bits per heavy atom. The lowest BCUT2D eigenvalue weighted by Gasteiger charge is -2.16. The first-order chi connectivity index (χ1) is 10.6. The second-order valence-electron chi connectivity index (χ2n) is 5.47. The van der Waals surface area contributed by atoms with E-state index in [-0.39, 0.29) is 5.91 Å². The summed E-state index contributed by atoms with van der Waals surface area (Å²) in [5, 5.41) is 5.42. The van der Waals surface area contributed by atoms with Crippen LogP contribution in [0.4, 0.5) is 16.2 Å². The van der Waals surface area contributed by atoms with E-state index in [4.69, 9.17) is 5.73 Å². The molecular formula is C17H17N3O2. The Balaban J connectivity index is 1.76. The molecule has 1 aliphatic carbocycles. The van der Waals surface area contributed by atoms with Crippen LogP contribution in [-0.2, 0) is 10.2 Å². The lowest BCUT2D eigenvalue weighted by atomic mass is 9.95. The third kappa shape index (κ3) is 2.79. The van der Waals surface area contributed by atoms with Gasteiger partial charge in [0.05, 0.1) is 5.41 Å². The van der Waals surface area contributed by atoms with Crippen LogP contribution in [0.25, 0.3) is 0 Å². The number of carbonyl (C=O) groups excluding carboxylic acids is 2. The van der Waals surface area contributed by atoms with Gasteiger partial charge in [0.25, 0.3) is 0 Å². The van der Waals surface area contributed by atoms with Gasteiger partial charge < -0.3 is 16.4 Å². The summed E-state index contributed by atoms with van der Waals surface area (Å²) in [6, 6.07) is 16.1. The van der Waals surface area contributed by atoms with E-state index in [9.17, 15) is 9.59 Å². The molecule has 2 aromatic carbocycles. The van der Waals surface area contributed by atoms with Gasteiger partial charge in [0, 0.05) is 11.4 Å². The number of nitrogens with one attached hydrogen (secondary N) is 2. The molecular weight excluding hydrogens is 278 g/mol. The summed E-state index contributed by atoms with van der Waals surface area (Å²) in [5.41, 5.74) is 6.90. The number of anilines is 2. The number of amides is 3. The highest BCUT2D eigenvalue weighted by atomic mass is 16.2. The van der Waals surface area contributed by atoms with E-state index in [1.165, 1.54) is 0 Å². The van der Waals surface area contributed by atoms with E-state index in [2.05, 4.69) is 10.6 Å². The van der Waals surface area contributed by atoms with Gasteiger partial charge in [0.15, 0.2) is 0 Å². The molecule has 2 aromatic rings. The van der Waals surface area contributed by atoms with Crippen molar-refractivity contribution in [3.05, 3.63) is 60.2 Å². The molecule has 0 bridgehead atoms. The number of benzene rings is 2. The predicted molar refractivity (Wildman–Crippen MR) is 85.6 cm³/mol. The quantitative estimate of drug-likeness (QED) is 0.810. The Kier molecular flexibility index (Phi) is 3.55. The summed E-state index contributed by atoms with van der Waals surface area (Å²) in [4.78, 5) is 23.5.